The molecule has 2 rings (SSSR count). The zero-order valence-corrected chi connectivity index (χ0v) is 9.57. The Morgan fingerprint density at radius 1 is 1.47 bits per heavy atom. The van der Waals surface area contributed by atoms with Crippen molar-refractivity contribution in [3.8, 4) is 6.07 Å². The Kier molecular flexibility index (Phi) is 3.73. The second kappa shape index (κ2) is 5.46. The molecular formula is C13H15N3O. The third-order valence-electron chi connectivity index (χ3n) is 2.93. The van der Waals surface area contributed by atoms with E-state index in [1.54, 1.807) is 0 Å². The highest BCUT2D eigenvalue weighted by atomic mass is 16.2. The van der Waals surface area contributed by atoms with Crippen LogP contribution in [-0.4, -0.2) is 18.5 Å². The summed E-state index contributed by atoms with van der Waals surface area (Å²) in [4.78, 5) is 11.8. The molecule has 0 fully saturated rings. The Bertz CT molecular complexity index is 450. The number of carbonyl (C=O) groups excluding carboxylic acids is 1. The molecule has 88 valence electrons. The number of benzene rings is 1. The van der Waals surface area contributed by atoms with Gasteiger partial charge < -0.3 is 10.6 Å². The molecule has 1 aliphatic rings. The predicted molar refractivity (Wildman–Crippen MR) is 64.0 cm³/mol. The first-order chi connectivity index (χ1) is 8.31. The van der Waals surface area contributed by atoms with Crippen LogP contribution in [0, 0.1) is 11.3 Å². The van der Waals surface area contributed by atoms with E-state index >= 15 is 0 Å². The molecule has 1 amide bonds. The van der Waals surface area contributed by atoms with Crippen molar-refractivity contribution in [1.29, 1.82) is 5.26 Å². The minimum absolute atomic E-state index is 0.0187. The van der Waals surface area contributed by atoms with E-state index in [2.05, 4.69) is 22.8 Å². The SMILES string of the molecule is N#CCCNC(=O)C1Cc2ccccc2CN1. The molecule has 1 atom stereocenters. The largest absolute Gasteiger partial charge is 0.354 e. The number of rotatable bonds is 3. The highest BCUT2D eigenvalue weighted by Gasteiger charge is 2.23. The van der Waals surface area contributed by atoms with Gasteiger partial charge in [0.2, 0.25) is 5.91 Å². The lowest BCUT2D eigenvalue weighted by Gasteiger charge is -2.25. The van der Waals surface area contributed by atoms with Crippen molar-refractivity contribution in [2.45, 2.75) is 25.4 Å². The maximum absolute atomic E-state index is 11.8. The third kappa shape index (κ3) is 2.83. The molecule has 17 heavy (non-hydrogen) atoms. The van der Waals surface area contributed by atoms with Crippen LogP contribution in [0.15, 0.2) is 24.3 Å². The Balaban J connectivity index is 1.93. The van der Waals surface area contributed by atoms with Gasteiger partial charge in [-0.25, -0.2) is 0 Å². The first-order valence-electron chi connectivity index (χ1n) is 5.76. The van der Waals surface area contributed by atoms with Gasteiger partial charge in [-0.2, -0.15) is 5.26 Å². The van der Waals surface area contributed by atoms with Gasteiger partial charge in [-0.15, -0.1) is 0 Å². The summed E-state index contributed by atoms with van der Waals surface area (Å²) in [7, 11) is 0. The maximum Gasteiger partial charge on any atom is 0.237 e. The second-order valence-corrected chi connectivity index (χ2v) is 4.11. The van der Waals surface area contributed by atoms with E-state index in [9.17, 15) is 4.79 Å². The molecule has 4 nitrogen and oxygen atoms in total. The lowest BCUT2D eigenvalue weighted by molar-refractivity contribution is -0.123. The first kappa shape index (κ1) is 11.6. The fourth-order valence-electron chi connectivity index (χ4n) is 2.00. The van der Waals surface area contributed by atoms with E-state index in [1.165, 1.54) is 11.1 Å². The molecule has 0 saturated carbocycles. The topological polar surface area (TPSA) is 64.9 Å². The standard InChI is InChI=1S/C13H15N3O/c14-6-3-7-15-13(17)12-8-10-4-1-2-5-11(10)9-16-12/h1-2,4-5,12,16H,3,7-9H2,(H,15,17). The van der Waals surface area contributed by atoms with Crippen molar-refractivity contribution >= 4 is 5.91 Å². The summed E-state index contributed by atoms with van der Waals surface area (Å²) in [5, 5.41) is 14.4. The Morgan fingerprint density at radius 3 is 3.00 bits per heavy atom. The number of nitriles is 1. The minimum atomic E-state index is -0.177. The van der Waals surface area contributed by atoms with E-state index in [1.807, 2.05) is 18.2 Å². The van der Waals surface area contributed by atoms with E-state index < -0.39 is 0 Å². The fraction of sp³-hybridized carbons (Fsp3) is 0.385. The third-order valence-corrected chi connectivity index (χ3v) is 2.93. The molecule has 1 aliphatic heterocycles. The van der Waals surface area contributed by atoms with Crippen molar-refractivity contribution in [2.24, 2.45) is 0 Å². The van der Waals surface area contributed by atoms with Crippen LogP contribution in [0.25, 0.3) is 0 Å². The van der Waals surface area contributed by atoms with Gasteiger partial charge in [0.1, 0.15) is 0 Å². The van der Waals surface area contributed by atoms with Gasteiger partial charge in [0.05, 0.1) is 18.5 Å². The Morgan fingerprint density at radius 2 is 2.24 bits per heavy atom. The zero-order valence-electron chi connectivity index (χ0n) is 9.57. The van der Waals surface area contributed by atoms with Crippen LogP contribution < -0.4 is 10.6 Å². The molecule has 2 N–H and O–H groups in total. The summed E-state index contributed by atoms with van der Waals surface area (Å²) in [6.07, 6.45) is 1.07. The number of fused-ring (bicyclic) bond motifs is 1. The molecule has 1 heterocycles. The van der Waals surface area contributed by atoms with E-state index in [0.717, 1.165) is 6.54 Å². The van der Waals surface area contributed by atoms with Crippen molar-refractivity contribution in [2.75, 3.05) is 6.54 Å². The van der Waals surface area contributed by atoms with Gasteiger partial charge in [-0.3, -0.25) is 4.79 Å². The molecular weight excluding hydrogens is 214 g/mol. The van der Waals surface area contributed by atoms with Crippen LogP contribution in [-0.2, 0) is 17.8 Å². The summed E-state index contributed by atoms with van der Waals surface area (Å²) >= 11 is 0. The number of hydrogen-bond donors (Lipinski definition) is 2. The van der Waals surface area contributed by atoms with Crippen molar-refractivity contribution in [3.05, 3.63) is 35.4 Å². The van der Waals surface area contributed by atoms with Crippen LogP contribution in [0.1, 0.15) is 17.5 Å². The van der Waals surface area contributed by atoms with Crippen molar-refractivity contribution in [1.82, 2.24) is 10.6 Å². The Hall–Kier alpha value is -1.86. The average molecular weight is 229 g/mol. The molecule has 1 aromatic carbocycles. The highest BCUT2D eigenvalue weighted by Crippen LogP contribution is 2.16. The van der Waals surface area contributed by atoms with Crippen LogP contribution in [0.4, 0.5) is 0 Å². The summed E-state index contributed by atoms with van der Waals surface area (Å²) in [5.74, 6) is -0.0187. The van der Waals surface area contributed by atoms with E-state index in [0.29, 0.717) is 19.4 Å². The average Bonchev–Trinajstić information content (AvgIpc) is 2.38. The highest BCUT2D eigenvalue weighted by molar-refractivity contribution is 5.82. The van der Waals surface area contributed by atoms with Gasteiger partial charge in [-0.05, 0) is 17.5 Å². The minimum Gasteiger partial charge on any atom is -0.354 e. The van der Waals surface area contributed by atoms with Gasteiger partial charge in [0, 0.05) is 13.1 Å². The molecule has 0 aliphatic carbocycles. The smallest absolute Gasteiger partial charge is 0.237 e. The summed E-state index contributed by atoms with van der Waals surface area (Å²) < 4.78 is 0. The lowest BCUT2D eigenvalue weighted by Crippen LogP contribution is -2.47. The number of carbonyl (C=O) groups is 1. The van der Waals surface area contributed by atoms with Crippen molar-refractivity contribution < 1.29 is 4.79 Å². The number of amides is 1. The van der Waals surface area contributed by atoms with Gasteiger partial charge in [0.25, 0.3) is 0 Å². The van der Waals surface area contributed by atoms with Crippen LogP contribution in [0.2, 0.25) is 0 Å². The van der Waals surface area contributed by atoms with Gasteiger partial charge in [-0.1, -0.05) is 24.3 Å². The molecule has 0 radical (unpaired) electrons. The number of nitrogens with one attached hydrogen (secondary N) is 2. The van der Waals surface area contributed by atoms with E-state index in [4.69, 9.17) is 5.26 Å². The molecule has 1 aromatic rings. The number of nitrogens with zero attached hydrogens (tertiary/aromatic N) is 1. The normalized spacial score (nSPS) is 17.9. The number of hydrogen-bond acceptors (Lipinski definition) is 3. The van der Waals surface area contributed by atoms with Crippen molar-refractivity contribution in [3.63, 3.8) is 0 Å². The van der Waals surface area contributed by atoms with Crippen LogP contribution >= 0.6 is 0 Å². The van der Waals surface area contributed by atoms with Crippen LogP contribution in [0.3, 0.4) is 0 Å². The lowest BCUT2D eigenvalue weighted by atomic mass is 9.95. The zero-order chi connectivity index (χ0) is 12.1. The maximum atomic E-state index is 11.8. The predicted octanol–water partition coefficient (Wildman–Crippen LogP) is 0.731. The second-order valence-electron chi connectivity index (χ2n) is 4.11. The van der Waals surface area contributed by atoms with Gasteiger partial charge >= 0.3 is 0 Å². The molecule has 4 heteroatoms. The molecule has 0 saturated heterocycles. The summed E-state index contributed by atoms with van der Waals surface area (Å²) in [6.45, 7) is 1.15. The first-order valence-corrected chi connectivity index (χ1v) is 5.76. The monoisotopic (exact) mass is 229 g/mol. The molecule has 1 unspecified atom stereocenters. The molecule has 0 aromatic heterocycles. The fourth-order valence-corrected chi connectivity index (χ4v) is 2.00. The van der Waals surface area contributed by atoms with Gasteiger partial charge in [0.15, 0.2) is 0 Å². The molecule has 0 spiro atoms. The summed E-state index contributed by atoms with van der Waals surface area (Å²) in [6, 6.07) is 9.97. The quantitative estimate of drug-likeness (QED) is 0.751. The summed E-state index contributed by atoms with van der Waals surface area (Å²) in [5.41, 5.74) is 2.49. The van der Waals surface area contributed by atoms with Crippen LogP contribution in [0.5, 0.6) is 0 Å². The Labute approximate surface area is 101 Å². The molecule has 0 bridgehead atoms. The van der Waals surface area contributed by atoms with E-state index in [-0.39, 0.29) is 11.9 Å².